The van der Waals surface area contributed by atoms with Crippen LogP contribution in [0.5, 0.6) is 0 Å². The van der Waals surface area contributed by atoms with E-state index in [4.69, 9.17) is 4.74 Å². The van der Waals surface area contributed by atoms with Gasteiger partial charge in [-0.3, -0.25) is 4.79 Å². The highest BCUT2D eigenvalue weighted by atomic mass is 19.4. The van der Waals surface area contributed by atoms with Crippen LogP contribution in [0.2, 0.25) is 0 Å². The molecule has 148 valence electrons. The molecule has 1 aromatic carbocycles. The second-order valence-electron chi connectivity index (χ2n) is 6.21. The molecule has 3 rings (SSSR count). The van der Waals surface area contributed by atoms with Crippen molar-refractivity contribution in [3.8, 4) is 0 Å². The Bertz CT molecular complexity index is 835. The maximum atomic E-state index is 12.7. The monoisotopic (exact) mass is 393 g/mol. The summed E-state index contributed by atoms with van der Waals surface area (Å²) in [5.74, 6) is -0.529. The van der Waals surface area contributed by atoms with E-state index in [9.17, 15) is 22.8 Å². The second-order valence-corrected chi connectivity index (χ2v) is 6.21. The maximum absolute atomic E-state index is 12.7. The highest BCUT2D eigenvalue weighted by Crippen LogP contribution is 2.29. The number of hydrogen-bond donors (Lipinski definition) is 0. The minimum absolute atomic E-state index is 0.248. The van der Waals surface area contributed by atoms with Gasteiger partial charge in [-0.25, -0.2) is 9.78 Å². The highest BCUT2D eigenvalue weighted by Gasteiger charge is 2.31. The predicted octanol–water partition coefficient (Wildman–Crippen LogP) is 2.61. The molecular formula is C19H18F3N3O3. The van der Waals surface area contributed by atoms with Crippen molar-refractivity contribution in [3.05, 3.63) is 59.8 Å². The molecule has 0 radical (unpaired) electrons. The van der Waals surface area contributed by atoms with Gasteiger partial charge in [0.1, 0.15) is 5.82 Å². The van der Waals surface area contributed by atoms with Gasteiger partial charge in [0, 0.05) is 32.4 Å². The van der Waals surface area contributed by atoms with Gasteiger partial charge >= 0.3 is 12.1 Å². The Kier molecular flexibility index (Phi) is 5.81. The van der Waals surface area contributed by atoms with Gasteiger partial charge in [-0.15, -0.1) is 0 Å². The normalized spacial score (nSPS) is 14.7. The molecule has 2 heterocycles. The minimum atomic E-state index is -4.56. The number of pyridine rings is 1. The zero-order valence-corrected chi connectivity index (χ0v) is 14.9. The Hall–Kier alpha value is -3.10. The number of nitrogens with zero attached hydrogens (tertiary/aromatic N) is 3. The fourth-order valence-electron chi connectivity index (χ4n) is 2.85. The molecule has 1 amide bonds. The molecule has 1 aliphatic heterocycles. The van der Waals surface area contributed by atoms with Gasteiger partial charge in [-0.05, 0) is 30.3 Å². The van der Waals surface area contributed by atoms with Crippen LogP contribution in [0.25, 0.3) is 0 Å². The van der Waals surface area contributed by atoms with Gasteiger partial charge in [0.05, 0.1) is 11.1 Å². The second kappa shape index (κ2) is 8.28. The van der Waals surface area contributed by atoms with E-state index in [0.717, 1.165) is 18.0 Å². The van der Waals surface area contributed by atoms with Crippen LogP contribution in [0.15, 0.2) is 48.7 Å². The Morgan fingerprint density at radius 3 is 2.43 bits per heavy atom. The Morgan fingerprint density at radius 2 is 1.79 bits per heavy atom. The molecule has 0 atom stereocenters. The van der Waals surface area contributed by atoms with E-state index in [0.29, 0.717) is 32.2 Å². The number of halogens is 3. The lowest BCUT2D eigenvalue weighted by atomic mass is 10.1. The summed E-state index contributed by atoms with van der Waals surface area (Å²) < 4.78 is 43.1. The lowest BCUT2D eigenvalue weighted by molar-refractivity contribution is -0.138. The van der Waals surface area contributed by atoms with Crippen molar-refractivity contribution in [1.82, 2.24) is 9.88 Å². The van der Waals surface area contributed by atoms with Gasteiger partial charge in [0.15, 0.2) is 6.61 Å². The van der Waals surface area contributed by atoms with Crippen LogP contribution in [0, 0.1) is 0 Å². The van der Waals surface area contributed by atoms with Crippen molar-refractivity contribution in [1.29, 1.82) is 0 Å². The molecule has 0 N–H and O–H groups in total. The van der Waals surface area contributed by atoms with Crippen LogP contribution in [-0.4, -0.2) is 54.5 Å². The average Bonchev–Trinajstić information content (AvgIpc) is 2.72. The van der Waals surface area contributed by atoms with E-state index in [-0.39, 0.29) is 11.5 Å². The number of benzene rings is 1. The molecule has 2 aromatic rings. The third-order valence-electron chi connectivity index (χ3n) is 4.36. The summed E-state index contributed by atoms with van der Waals surface area (Å²) >= 11 is 0. The lowest BCUT2D eigenvalue weighted by Crippen LogP contribution is -2.50. The smallest absolute Gasteiger partial charge is 0.416 e. The van der Waals surface area contributed by atoms with Crippen LogP contribution in [0.3, 0.4) is 0 Å². The molecule has 6 nitrogen and oxygen atoms in total. The first kappa shape index (κ1) is 19.7. The van der Waals surface area contributed by atoms with Crippen LogP contribution in [0.1, 0.15) is 15.9 Å². The van der Waals surface area contributed by atoms with Crippen LogP contribution in [0.4, 0.5) is 19.0 Å². The number of alkyl halides is 3. The minimum Gasteiger partial charge on any atom is -0.452 e. The standard InChI is InChI=1S/C19H18F3N3O3/c20-19(21,22)15-5-3-4-14(12-15)18(27)28-13-17(26)25-10-8-24(9-11-25)16-6-1-2-7-23-16/h1-7,12H,8-11,13H2. The summed E-state index contributed by atoms with van der Waals surface area (Å²) in [6.07, 6.45) is -2.86. The summed E-state index contributed by atoms with van der Waals surface area (Å²) in [5.41, 5.74) is -1.19. The van der Waals surface area contributed by atoms with Crippen molar-refractivity contribution in [3.63, 3.8) is 0 Å². The van der Waals surface area contributed by atoms with Crippen molar-refractivity contribution in [2.75, 3.05) is 37.7 Å². The van der Waals surface area contributed by atoms with Crippen molar-refractivity contribution >= 4 is 17.7 Å². The fraction of sp³-hybridized carbons (Fsp3) is 0.316. The Morgan fingerprint density at radius 1 is 1.04 bits per heavy atom. The SMILES string of the molecule is O=C(OCC(=O)N1CCN(c2ccccn2)CC1)c1cccc(C(F)(F)F)c1. The Labute approximate surface area is 159 Å². The molecule has 1 aliphatic rings. The lowest BCUT2D eigenvalue weighted by Gasteiger charge is -2.35. The number of ether oxygens (including phenoxy) is 1. The van der Waals surface area contributed by atoms with E-state index >= 15 is 0 Å². The van der Waals surface area contributed by atoms with Gasteiger partial charge in [0.2, 0.25) is 0 Å². The Balaban J connectivity index is 1.50. The molecule has 1 aromatic heterocycles. The highest BCUT2D eigenvalue weighted by molar-refractivity contribution is 5.91. The summed E-state index contributed by atoms with van der Waals surface area (Å²) in [7, 11) is 0. The maximum Gasteiger partial charge on any atom is 0.416 e. The number of amides is 1. The van der Waals surface area contributed by atoms with E-state index in [1.807, 2.05) is 23.1 Å². The summed E-state index contributed by atoms with van der Waals surface area (Å²) in [5, 5.41) is 0. The zero-order valence-electron chi connectivity index (χ0n) is 14.9. The third kappa shape index (κ3) is 4.79. The molecule has 1 saturated heterocycles. The third-order valence-corrected chi connectivity index (χ3v) is 4.36. The fourth-order valence-corrected chi connectivity index (χ4v) is 2.85. The molecule has 0 bridgehead atoms. The number of carbonyl (C=O) groups is 2. The first-order chi connectivity index (χ1) is 13.3. The van der Waals surface area contributed by atoms with Crippen LogP contribution in [-0.2, 0) is 15.7 Å². The average molecular weight is 393 g/mol. The van der Waals surface area contributed by atoms with Gasteiger partial charge < -0.3 is 14.5 Å². The predicted molar refractivity (Wildman–Crippen MR) is 94.8 cm³/mol. The zero-order chi connectivity index (χ0) is 20.1. The number of aromatic nitrogens is 1. The number of esters is 1. The number of anilines is 1. The molecule has 0 saturated carbocycles. The first-order valence-electron chi connectivity index (χ1n) is 8.63. The topological polar surface area (TPSA) is 62.7 Å². The van der Waals surface area contributed by atoms with E-state index < -0.39 is 24.3 Å². The van der Waals surface area contributed by atoms with E-state index in [1.54, 1.807) is 11.1 Å². The number of rotatable bonds is 4. The summed E-state index contributed by atoms with van der Waals surface area (Å²) in [4.78, 5) is 32.1. The molecule has 28 heavy (non-hydrogen) atoms. The molecule has 0 aliphatic carbocycles. The molecule has 9 heteroatoms. The van der Waals surface area contributed by atoms with E-state index in [1.165, 1.54) is 6.07 Å². The van der Waals surface area contributed by atoms with Crippen molar-refractivity contribution < 1.29 is 27.5 Å². The van der Waals surface area contributed by atoms with E-state index in [2.05, 4.69) is 4.98 Å². The number of carbonyl (C=O) groups excluding carboxylic acids is 2. The van der Waals surface area contributed by atoms with Crippen molar-refractivity contribution in [2.45, 2.75) is 6.18 Å². The summed E-state index contributed by atoms with van der Waals surface area (Å²) in [6.45, 7) is 1.54. The quantitative estimate of drug-likeness (QED) is 0.748. The van der Waals surface area contributed by atoms with Gasteiger partial charge in [0.25, 0.3) is 5.91 Å². The molecule has 1 fully saturated rings. The number of piperazine rings is 1. The van der Waals surface area contributed by atoms with Gasteiger partial charge in [-0.1, -0.05) is 12.1 Å². The molecular weight excluding hydrogens is 375 g/mol. The molecule has 0 unspecified atom stereocenters. The van der Waals surface area contributed by atoms with Gasteiger partial charge in [-0.2, -0.15) is 13.2 Å². The van der Waals surface area contributed by atoms with Crippen molar-refractivity contribution in [2.24, 2.45) is 0 Å². The van der Waals surface area contributed by atoms with Crippen LogP contribution < -0.4 is 4.90 Å². The summed E-state index contributed by atoms with van der Waals surface area (Å²) in [6, 6.07) is 9.50. The number of hydrogen-bond acceptors (Lipinski definition) is 5. The largest absolute Gasteiger partial charge is 0.452 e. The van der Waals surface area contributed by atoms with Crippen LogP contribution >= 0.6 is 0 Å². The molecule has 0 spiro atoms. The first-order valence-corrected chi connectivity index (χ1v) is 8.63.